The van der Waals surface area contributed by atoms with Crippen molar-refractivity contribution in [2.24, 2.45) is 0 Å². The van der Waals surface area contributed by atoms with Gasteiger partial charge in [0, 0.05) is 25.7 Å². The number of carbonyl (C=O) groups is 1. The van der Waals surface area contributed by atoms with Crippen LogP contribution < -0.4 is 10.1 Å². The summed E-state index contributed by atoms with van der Waals surface area (Å²) in [5.41, 5.74) is 1.22. The monoisotopic (exact) mass is 400 g/mol. The third-order valence-electron chi connectivity index (χ3n) is 6.92. The number of methoxy groups -OCH3 is 1. The van der Waals surface area contributed by atoms with Crippen molar-refractivity contribution in [2.45, 2.75) is 50.6 Å². The van der Waals surface area contributed by atoms with Crippen molar-refractivity contribution in [1.29, 1.82) is 0 Å². The Bertz CT molecular complexity index is 663. The first-order valence-corrected chi connectivity index (χ1v) is 11.4. The minimum absolute atomic E-state index is 0.0944. The number of hydrogen-bond donors (Lipinski definition) is 1. The molecule has 1 atom stereocenters. The van der Waals surface area contributed by atoms with Crippen LogP contribution in [0.1, 0.15) is 50.1 Å². The molecule has 3 fully saturated rings. The molecule has 0 radical (unpaired) electrons. The fourth-order valence-corrected chi connectivity index (χ4v) is 5.20. The summed E-state index contributed by atoms with van der Waals surface area (Å²) in [6.45, 7) is 7.08. The van der Waals surface area contributed by atoms with Gasteiger partial charge in [-0.1, -0.05) is 12.1 Å². The molecule has 0 spiro atoms. The first kappa shape index (κ1) is 20.5. The van der Waals surface area contributed by atoms with E-state index in [1.807, 2.05) is 17.0 Å². The highest BCUT2D eigenvalue weighted by atomic mass is 16.5. The molecular formula is C23H36N4O2. The number of likely N-dealkylation sites (tertiary alicyclic amines) is 3. The lowest BCUT2D eigenvalue weighted by atomic mass is 10.0. The molecule has 3 aliphatic heterocycles. The highest BCUT2D eigenvalue weighted by molar-refractivity contribution is 5.74. The number of benzene rings is 1. The van der Waals surface area contributed by atoms with E-state index in [-0.39, 0.29) is 12.1 Å². The van der Waals surface area contributed by atoms with Gasteiger partial charge < -0.3 is 19.9 Å². The molecule has 3 heterocycles. The maximum atomic E-state index is 12.9. The summed E-state index contributed by atoms with van der Waals surface area (Å²) >= 11 is 0. The summed E-state index contributed by atoms with van der Waals surface area (Å²) in [5, 5.41) is 3.24. The molecule has 2 amide bonds. The van der Waals surface area contributed by atoms with Gasteiger partial charge in [-0.15, -0.1) is 0 Å². The molecule has 1 unspecified atom stereocenters. The second-order valence-corrected chi connectivity index (χ2v) is 8.68. The van der Waals surface area contributed by atoms with Gasteiger partial charge in [-0.2, -0.15) is 0 Å². The van der Waals surface area contributed by atoms with E-state index >= 15 is 0 Å². The average Bonchev–Trinajstić information content (AvgIpc) is 3.49. The predicted molar refractivity (Wildman–Crippen MR) is 115 cm³/mol. The molecule has 3 aliphatic rings. The van der Waals surface area contributed by atoms with E-state index < -0.39 is 0 Å². The Morgan fingerprint density at radius 3 is 2.45 bits per heavy atom. The van der Waals surface area contributed by atoms with Gasteiger partial charge in [-0.05, 0) is 82.4 Å². The number of ether oxygens (including phenoxy) is 1. The number of rotatable bonds is 6. The molecule has 160 valence electrons. The zero-order chi connectivity index (χ0) is 20.1. The van der Waals surface area contributed by atoms with E-state index in [1.54, 1.807) is 7.11 Å². The van der Waals surface area contributed by atoms with Gasteiger partial charge in [-0.3, -0.25) is 4.90 Å². The zero-order valence-corrected chi connectivity index (χ0v) is 17.8. The number of carbonyl (C=O) groups excluding carboxylic acids is 1. The van der Waals surface area contributed by atoms with E-state index in [4.69, 9.17) is 4.74 Å². The van der Waals surface area contributed by atoms with Crippen molar-refractivity contribution in [2.75, 3.05) is 52.9 Å². The molecule has 4 rings (SSSR count). The topological polar surface area (TPSA) is 48.1 Å². The Kier molecular flexibility index (Phi) is 6.93. The molecule has 0 bridgehead atoms. The quantitative estimate of drug-likeness (QED) is 0.797. The summed E-state index contributed by atoms with van der Waals surface area (Å²) in [6, 6.07) is 9.26. The zero-order valence-electron chi connectivity index (χ0n) is 17.8. The molecule has 1 aromatic rings. The highest BCUT2D eigenvalue weighted by Crippen LogP contribution is 2.27. The lowest BCUT2D eigenvalue weighted by Gasteiger charge is -2.37. The molecule has 0 saturated carbocycles. The van der Waals surface area contributed by atoms with Crippen LogP contribution in [-0.2, 0) is 0 Å². The summed E-state index contributed by atoms with van der Waals surface area (Å²) in [6.07, 6.45) is 7.36. The Morgan fingerprint density at radius 2 is 1.76 bits per heavy atom. The molecule has 1 N–H and O–H groups in total. The van der Waals surface area contributed by atoms with Crippen molar-refractivity contribution in [3.63, 3.8) is 0 Å². The Hall–Kier alpha value is -1.79. The van der Waals surface area contributed by atoms with Crippen LogP contribution in [0, 0.1) is 0 Å². The number of nitrogens with zero attached hydrogens (tertiary/aromatic N) is 3. The average molecular weight is 401 g/mol. The summed E-state index contributed by atoms with van der Waals surface area (Å²) in [5.74, 6) is 0.877. The summed E-state index contributed by atoms with van der Waals surface area (Å²) in [7, 11) is 1.71. The number of urea groups is 1. The molecule has 0 aliphatic carbocycles. The molecular weight excluding hydrogens is 364 g/mol. The van der Waals surface area contributed by atoms with E-state index in [0.29, 0.717) is 12.6 Å². The Morgan fingerprint density at radius 1 is 1.07 bits per heavy atom. The second-order valence-electron chi connectivity index (χ2n) is 8.68. The van der Waals surface area contributed by atoms with Crippen LogP contribution in [0.5, 0.6) is 5.75 Å². The smallest absolute Gasteiger partial charge is 0.317 e. The molecule has 6 heteroatoms. The van der Waals surface area contributed by atoms with Gasteiger partial charge in [-0.25, -0.2) is 4.79 Å². The van der Waals surface area contributed by atoms with Crippen molar-refractivity contribution in [3.05, 3.63) is 29.8 Å². The predicted octanol–water partition coefficient (Wildman–Crippen LogP) is 3.10. The fraction of sp³-hybridized carbons (Fsp3) is 0.696. The number of hydrogen-bond acceptors (Lipinski definition) is 4. The Labute approximate surface area is 175 Å². The third-order valence-corrected chi connectivity index (χ3v) is 6.92. The molecule has 0 aromatic heterocycles. The van der Waals surface area contributed by atoms with Crippen molar-refractivity contribution in [3.8, 4) is 5.75 Å². The maximum absolute atomic E-state index is 12.9. The number of piperidine rings is 1. The standard InChI is InChI=1S/C23H36N4O2/c1-29-21-8-6-7-19(17-21)22(26-13-4-5-14-26)18-24-23(28)27-15-9-20(10-16-27)25-11-2-3-12-25/h6-8,17,20,22H,2-5,9-16,18H2,1H3,(H,24,28). The lowest BCUT2D eigenvalue weighted by Crippen LogP contribution is -2.50. The van der Waals surface area contributed by atoms with Crippen LogP contribution in [0.2, 0.25) is 0 Å². The van der Waals surface area contributed by atoms with Gasteiger partial charge in [0.15, 0.2) is 0 Å². The summed E-state index contributed by atoms with van der Waals surface area (Å²) < 4.78 is 5.42. The highest BCUT2D eigenvalue weighted by Gasteiger charge is 2.29. The molecule has 1 aromatic carbocycles. The normalized spacial score (nSPS) is 22.7. The third kappa shape index (κ3) is 5.04. The van der Waals surface area contributed by atoms with Crippen LogP contribution in [-0.4, -0.2) is 79.7 Å². The second kappa shape index (κ2) is 9.81. The van der Waals surface area contributed by atoms with Gasteiger partial charge in [0.05, 0.1) is 13.2 Å². The number of amides is 2. The van der Waals surface area contributed by atoms with Crippen LogP contribution in [0.4, 0.5) is 4.79 Å². The Balaban J connectivity index is 1.32. The van der Waals surface area contributed by atoms with Crippen LogP contribution in [0.25, 0.3) is 0 Å². The molecule has 29 heavy (non-hydrogen) atoms. The van der Waals surface area contributed by atoms with Gasteiger partial charge in [0.25, 0.3) is 0 Å². The fourth-order valence-electron chi connectivity index (χ4n) is 5.20. The van der Waals surface area contributed by atoms with Gasteiger partial charge in [0.1, 0.15) is 5.75 Å². The maximum Gasteiger partial charge on any atom is 0.317 e. The minimum atomic E-state index is 0.0944. The lowest BCUT2D eigenvalue weighted by molar-refractivity contribution is 0.132. The van der Waals surface area contributed by atoms with Gasteiger partial charge >= 0.3 is 6.03 Å². The van der Waals surface area contributed by atoms with Crippen LogP contribution >= 0.6 is 0 Å². The van der Waals surface area contributed by atoms with E-state index in [1.165, 1.54) is 44.3 Å². The van der Waals surface area contributed by atoms with Crippen molar-refractivity contribution >= 4 is 6.03 Å². The van der Waals surface area contributed by atoms with Gasteiger partial charge in [0.2, 0.25) is 0 Å². The van der Waals surface area contributed by atoms with E-state index in [2.05, 4.69) is 27.2 Å². The SMILES string of the molecule is COc1cccc(C(CNC(=O)N2CCC(N3CCCC3)CC2)N2CCCC2)c1. The van der Waals surface area contributed by atoms with Crippen molar-refractivity contribution < 1.29 is 9.53 Å². The van der Waals surface area contributed by atoms with Crippen molar-refractivity contribution in [1.82, 2.24) is 20.0 Å². The first-order valence-electron chi connectivity index (χ1n) is 11.4. The van der Waals surface area contributed by atoms with Crippen LogP contribution in [0.15, 0.2) is 24.3 Å². The number of nitrogens with one attached hydrogen (secondary N) is 1. The summed E-state index contributed by atoms with van der Waals surface area (Å²) in [4.78, 5) is 20.0. The first-order chi connectivity index (χ1) is 14.2. The van der Waals surface area contributed by atoms with Crippen LogP contribution in [0.3, 0.4) is 0 Å². The largest absolute Gasteiger partial charge is 0.497 e. The van der Waals surface area contributed by atoms with E-state index in [9.17, 15) is 4.79 Å². The van der Waals surface area contributed by atoms with E-state index in [0.717, 1.165) is 44.8 Å². The minimum Gasteiger partial charge on any atom is -0.497 e. The molecule has 3 saturated heterocycles. The molecule has 6 nitrogen and oxygen atoms in total.